The van der Waals surface area contributed by atoms with Gasteiger partial charge in [-0.25, -0.2) is 0 Å². The van der Waals surface area contributed by atoms with E-state index in [9.17, 15) is 0 Å². The normalized spacial score (nSPS) is 22.3. The van der Waals surface area contributed by atoms with Crippen molar-refractivity contribution in [3.8, 4) is 11.1 Å². The van der Waals surface area contributed by atoms with Gasteiger partial charge in [-0.15, -0.1) is 0 Å². The summed E-state index contributed by atoms with van der Waals surface area (Å²) in [6.07, 6.45) is 11.4. The fraction of sp³-hybridized carbons (Fsp3) is 0.167. The second kappa shape index (κ2) is 4.48. The first kappa shape index (κ1) is 12.8. The Morgan fingerprint density at radius 1 is 0.792 bits per heavy atom. The summed E-state index contributed by atoms with van der Waals surface area (Å²) in [7, 11) is 0. The lowest BCUT2D eigenvalue weighted by molar-refractivity contribution is 0.630. The van der Waals surface area contributed by atoms with Gasteiger partial charge >= 0.3 is 0 Å². The van der Waals surface area contributed by atoms with Gasteiger partial charge in [-0.1, -0.05) is 72.8 Å². The summed E-state index contributed by atoms with van der Waals surface area (Å²) in [4.78, 5) is 0. The minimum Gasteiger partial charge on any atom is -0.0802 e. The average Bonchev–Trinajstić information content (AvgIpc) is 3.17. The Morgan fingerprint density at radius 2 is 1.71 bits per heavy atom. The predicted octanol–water partition coefficient (Wildman–Crippen LogP) is 5.79. The standard InChI is InChI=1S/C24H18/c1-3-7-20-15(5-1)12-19-14-23-17(13-22(19)20)9-10-18-11-16-6-2-4-8-21(16)24(18)23/h1-10,13-15,20H,11-12H2. The third kappa shape index (κ3) is 1.58. The summed E-state index contributed by atoms with van der Waals surface area (Å²) < 4.78 is 0. The molecule has 2 atom stereocenters. The van der Waals surface area contributed by atoms with E-state index in [0.717, 1.165) is 6.42 Å². The molecule has 0 N–H and O–H groups in total. The number of hydrogen-bond acceptors (Lipinski definition) is 0. The molecule has 0 bridgehead atoms. The van der Waals surface area contributed by atoms with Gasteiger partial charge in [0.2, 0.25) is 0 Å². The molecule has 3 aromatic rings. The lowest BCUT2D eigenvalue weighted by atomic mass is 9.88. The molecule has 0 heterocycles. The minimum atomic E-state index is 0.579. The van der Waals surface area contributed by atoms with E-state index in [4.69, 9.17) is 0 Å². The van der Waals surface area contributed by atoms with Gasteiger partial charge in [0.15, 0.2) is 0 Å². The highest BCUT2D eigenvalue weighted by molar-refractivity contribution is 6.02. The Balaban J connectivity index is 1.64. The lowest BCUT2D eigenvalue weighted by Gasteiger charge is -2.16. The molecule has 0 aromatic heterocycles. The van der Waals surface area contributed by atoms with Gasteiger partial charge in [0.25, 0.3) is 0 Å². The average molecular weight is 306 g/mol. The number of rotatable bonds is 0. The van der Waals surface area contributed by atoms with Crippen LogP contribution in [0.5, 0.6) is 0 Å². The third-order valence-electron chi connectivity index (χ3n) is 6.10. The molecule has 3 aliphatic carbocycles. The van der Waals surface area contributed by atoms with Crippen LogP contribution in [-0.4, -0.2) is 0 Å². The topological polar surface area (TPSA) is 0 Å². The van der Waals surface area contributed by atoms with Crippen LogP contribution in [0, 0.1) is 5.92 Å². The molecular formula is C24H18. The highest BCUT2D eigenvalue weighted by Crippen LogP contribution is 2.46. The van der Waals surface area contributed by atoms with E-state index in [-0.39, 0.29) is 0 Å². The predicted molar refractivity (Wildman–Crippen MR) is 100 cm³/mol. The van der Waals surface area contributed by atoms with Crippen molar-refractivity contribution < 1.29 is 0 Å². The van der Waals surface area contributed by atoms with E-state index in [1.165, 1.54) is 39.4 Å². The van der Waals surface area contributed by atoms with Gasteiger partial charge in [0.05, 0.1) is 0 Å². The molecule has 0 saturated carbocycles. The van der Waals surface area contributed by atoms with Crippen LogP contribution in [0.4, 0.5) is 0 Å². The van der Waals surface area contributed by atoms with Crippen LogP contribution in [0.15, 0.2) is 72.8 Å². The fourth-order valence-corrected chi connectivity index (χ4v) is 4.99. The zero-order valence-electron chi connectivity index (χ0n) is 13.5. The molecule has 0 heteroatoms. The number of fused-ring (bicyclic) bond motifs is 8. The van der Waals surface area contributed by atoms with Crippen LogP contribution >= 0.6 is 0 Å². The molecule has 0 fully saturated rings. The molecule has 0 radical (unpaired) electrons. The molecule has 0 amide bonds. The summed E-state index contributed by atoms with van der Waals surface area (Å²) in [6.45, 7) is 0. The third-order valence-corrected chi connectivity index (χ3v) is 6.10. The van der Waals surface area contributed by atoms with E-state index < -0.39 is 0 Å². The smallest absolute Gasteiger partial charge is 0.00901 e. The Morgan fingerprint density at radius 3 is 2.71 bits per heavy atom. The Kier molecular flexibility index (Phi) is 2.38. The first-order chi connectivity index (χ1) is 11.9. The van der Waals surface area contributed by atoms with Crippen LogP contribution in [0.2, 0.25) is 0 Å². The van der Waals surface area contributed by atoms with Crippen molar-refractivity contribution in [1.29, 1.82) is 0 Å². The Labute approximate surface area is 142 Å². The summed E-state index contributed by atoms with van der Waals surface area (Å²) in [5.74, 6) is 1.23. The van der Waals surface area contributed by atoms with E-state index in [1.54, 1.807) is 11.1 Å². The number of benzene rings is 3. The maximum Gasteiger partial charge on any atom is 0.00901 e. The van der Waals surface area contributed by atoms with Crippen LogP contribution in [-0.2, 0) is 12.8 Å². The molecule has 3 aliphatic rings. The highest BCUT2D eigenvalue weighted by Gasteiger charge is 2.31. The Hall–Kier alpha value is -2.60. The molecule has 24 heavy (non-hydrogen) atoms. The van der Waals surface area contributed by atoms with Crippen molar-refractivity contribution in [1.82, 2.24) is 0 Å². The lowest BCUT2D eigenvalue weighted by Crippen LogP contribution is -2.04. The van der Waals surface area contributed by atoms with Gasteiger partial charge < -0.3 is 0 Å². The van der Waals surface area contributed by atoms with Gasteiger partial charge in [-0.3, -0.25) is 0 Å². The van der Waals surface area contributed by atoms with Crippen LogP contribution in [0.25, 0.3) is 21.9 Å². The monoisotopic (exact) mass is 306 g/mol. The van der Waals surface area contributed by atoms with E-state index in [2.05, 4.69) is 72.8 Å². The first-order valence-corrected chi connectivity index (χ1v) is 8.90. The maximum atomic E-state index is 2.49. The highest BCUT2D eigenvalue weighted by atomic mass is 14.3. The van der Waals surface area contributed by atoms with E-state index in [0.29, 0.717) is 11.8 Å². The van der Waals surface area contributed by atoms with Gasteiger partial charge in [-0.05, 0) is 62.9 Å². The van der Waals surface area contributed by atoms with Crippen LogP contribution < -0.4 is 0 Å². The fourth-order valence-electron chi connectivity index (χ4n) is 4.99. The summed E-state index contributed by atoms with van der Waals surface area (Å²) in [5, 5.41) is 2.84. The molecule has 0 aliphatic heterocycles. The molecule has 0 spiro atoms. The molecular weight excluding hydrogens is 288 g/mol. The molecule has 2 unspecified atom stereocenters. The van der Waals surface area contributed by atoms with Crippen molar-refractivity contribution in [2.45, 2.75) is 18.8 Å². The largest absolute Gasteiger partial charge is 0.0802 e. The maximum absolute atomic E-state index is 2.49. The van der Waals surface area contributed by atoms with Crippen molar-refractivity contribution >= 4 is 10.8 Å². The minimum absolute atomic E-state index is 0.579. The second-order valence-corrected chi connectivity index (χ2v) is 7.37. The van der Waals surface area contributed by atoms with Crippen molar-refractivity contribution in [3.63, 3.8) is 0 Å². The van der Waals surface area contributed by atoms with E-state index >= 15 is 0 Å². The van der Waals surface area contributed by atoms with Crippen molar-refractivity contribution in [2.75, 3.05) is 0 Å². The van der Waals surface area contributed by atoms with Crippen molar-refractivity contribution in [3.05, 3.63) is 95.1 Å². The summed E-state index contributed by atoms with van der Waals surface area (Å²) in [6, 6.07) is 18.5. The molecule has 3 aromatic carbocycles. The van der Waals surface area contributed by atoms with Gasteiger partial charge in [0, 0.05) is 5.92 Å². The summed E-state index contributed by atoms with van der Waals surface area (Å²) >= 11 is 0. The number of allylic oxidation sites excluding steroid dienone is 4. The zero-order chi connectivity index (χ0) is 15.7. The molecule has 0 nitrogen and oxygen atoms in total. The Bertz CT molecular complexity index is 1060. The van der Waals surface area contributed by atoms with Crippen molar-refractivity contribution in [2.24, 2.45) is 5.92 Å². The summed E-state index contributed by atoms with van der Waals surface area (Å²) in [5.41, 5.74) is 8.96. The quantitative estimate of drug-likeness (QED) is 0.385. The zero-order valence-corrected chi connectivity index (χ0v) is 13.5. The molecule has 0 saturated heterocycles. The SMILES string of the molecule is C1=CC2Cc3cc4c5c(ccc4cc3C2C=C1)Cc1ccccc1-5. The van der Waals surface area contributed by atoms with Gasteiger partial charge in [0.1, 0.15) is 0 Å². The first-order valence-electron chi connectivity index (χ1n) is 8.90. The van der Waals surface area contributed by atoms with E-state index in [1.807, 2.05) is 0 Å². The van der Waals surface area contributed by atoms with Crippen LogP contribution in [0.3, 0.4) is 0 Å². The molecule has 6 rings (SSSR count). The molecule has 114 valence electrons. The van der Waals surface area contributed by atoms with Crippen LogP contribution in [0.1, 0.15) is 28.2 Å². The van der Waals surface area contributed by atoms with Gasteiger partial charge in [-0.2, -0.15) is 0 Å². The second-order valence-electron chi connectivity index (χ2n) is 7.37. The number of hydrogen-bond donors (Lipinski definition) is 0.